The predicted octanol–water partition coefficient (Wildman–Crippen LogP) is 2.50. The van der Waals surface area contributed by atoms with Gasteiger partial charge in [0.05, 0.1) is 11.5 Å². The molecule has 8 nitrogen and oxygen atoms in total. The molecule has 0 aromatic heterocycles. The number of ether oxygens (including phenoxy) is 1. The summed E-state index contributed by atoms with van der Waals surface area (Å²) in [5, 5.41) is 38.7. The van der Waals surface area contributed by atoms with Crippen LogP contribution in [0.1, 0.15) is 26.3 Å². The smallest absolute Gasteiger partial charge is 0.348 e. The number of benzene rings is 1. The monoisotopic (exact) mass is 320 g/mol. The van der Waals surface area contributed by atoms with Gasteiger partial charge in [-0.2, -0.15) is 5.26 Å². The van der Waals surface area contributed by atoms with Gasteiger partial charge in [0.2, 0.25) is 5.75 Å². The van der Waals surface area contributed by atoms with E-state index in [1.807, 2.05) is 20.8 Å². The average molecular weight is 320 g/mol. The summed E-state index contributed by atoms with van der Waals surface area (Å²) in [5.74, 6) is -2.50. The zero-order chi connectivity index (χ0) is 17.8. The van der Waals surface area contributed by atoms with Crippen LogP contribution >= 0.6 is 0 Å². The van der Waals surface area contributed by atoms with Gasteiger partial charge in [-0.3, -0.25) is 10.1 Å². The Morgan fingerprint density at radius 2 is 2.04 bits per heavy atom. The molecule has 0 saturated carbocycles. The maximum atomic E-state index is 11.8. The molecule has 23 heavy (non-hydrogen) atoms. The van der Waals surface area contributed by atoms with Crippen molar-refractivity contribution in [3.8, 4) is 17.6 Å². The summed E-state index contributed by atoms with van der Waals surface area (Å²) in [7, 11) is 0. The Morgan fingerprint density at radius 1 is 1.43 bits per heavy atom. The van der Waals surface area contributed by atoms with Crippen molar-refractivity contribution in [1.82, 2.24) is 0 Å². The molecule has 122 valence electrons. The summed E-state index contributed by atoms with van der Waals surface area (Å²) in [6.07, 6.45) is 1.04. The number of nitro benzene ring substituents is 1. The lowest BCUT2D eigenvalue weighted by atomic mass is 9.99. The van der Waals surface area contributed by atoms with Crippen molar-refractivity contribution in [2.45, 2.75) is 20.8 Å². The molecule has 0 unspecified atom stereocenters. The lowest BCUT2D eigenvalue weighted by Gasteiger charge is -2.17. The van der Waals surface area contributed by atoms with Gasteiger partial charge < -0.3 is 14.9 Å². The van der Waals surface area contributed by atoms with Crippen LogP contribution in [0.2, 0.25) is 0 Å². The molecule has 0 bridgehead atoms. The number of esters is 1. The van der Waals surface area contributed by atoms with Gasteiger partial charge in [0.1, 0.15) is 11.6 Å². The maximum absolute atomic E-state index is 11.8. The number of phenols is 2. The molecule has 0 aliphatic carbocycles. The fourth-order valence-electron chi connectivity index (χ4n) is 1.51. The molecular weight excluding hydrogens is 304 g/mol. The highest BCUT2D eigenvalue weighted by atomic mass is 16.6. The number of nitro groups is 1. The van der Waals surface area contributed by atoms with Crippen LogP contribution in [0.3, 0.4) is 0 Å². The number of nitrogens with zero attached hydrogens (tertiary/aromatic N) is 2. The second-order valence-corrected chi connectivity index (χ2v) is 5.97. The van der Waals surface area contributed by atoms with Gasteiger partial charge in [0.25, 0.3) is 0 Å². The summed E-state index contributed by atoms with van der Waals surface area (Å²) in [5.41, 5.74) is -1.40. The molecule has 0 aliphatic heterocycles. The normalized spacial score (nSPS) is 11.7. The highest BCUT2D eigenvalue weighted by molar-refractivity contribution is 5.98. The Balaban J connectivity index is 3.15. The van der Waals surface area contributed by atoms with Crippen LogP contribution < -0.4 is 0 Å². The van der Waals surface area contributed by atoms with Gasteiger partial charge in [-0.15, -0.1) is 0 Å². The van der Waals surface area contributed by atoms with Crippen LogP contribution in [-0.4, -0.2) is 27.7 Å². The largest absolute Gasteiger partial charge is 0.504 e. The molecule has 1 aromatic carbocycles. The van der Waals surface area contributed by atoms with Gasteiger partial charge in [-0.1, -0.05) is 20.8 Å². The Morgan fingerprint density at radius 3 is 2.52 bits per heavy atom. The van der Waals surface area contributed by atoms with Gasteiger partial charge in [0, 0.05) is 6.07 Å². The highest BCUT2D eigenvalue weighted by Gasteiger charge is 2.20. The average Bonchev–Trinajstić information content (AvgIpc) is 2.44. The number of nitriles is 1. The van der Waals surface area contributed by atoms with E-state index >= 15 is 0 Å². The first-order chi connectivity index (χ1) is 10.5. The van der Waals surface area contributed by atoms with E-state index in [2.05, 4.69) is 0 Å². The number of rotatable bonds is 4. The minimum Gasteiger partial charge on any atom is -0.504 e. The molecule has 0 atom stereocenters. The Kier molecular flexibility index (Phi) is 5.30. The summed E-state index contributed by atoms with van der Waals surface area (Å²) in [4.78, 5) is 21.7. The van der Waals surface area contributed by atoms with E-state index < -0.39 is 28.1 Å². The van der Waals surface area contributed by atoms with Crippen molar-refractivity contribution in [2.24, 2.45) is 5.41 Å². The fourth-order valence-corrected chi connectivity index (χ4v) is 1.51. The number of carbonyl (C=O) groups is 1. The van der Waals surface area contributed by atoms with Crippen molar-refractivity contribution < 1.29 is 24.7 Å². The van der Waals surface area contributed by atoms with Crippen LogP contribution in [0.15, 0.2) is 17.7 Å². The summed E-state index contributed by atoms with van der Waals surface area (Å²) >= 11 is 0. The second-order valence-electron chi connectivity index (χ2n) is 5.97. The molecule has 1 aromatic rings. The van der Waals surface area contributed by atoms with E-state index in [0.717, 1.165) is 18.2 Å². The number of hydrogen-bond donors (Lipinski definition) is 2. The van der Waals surface area contributed by atoms with Gasteiger partial charge in [-0.05, 0) is 23.1 Å². The zero-order valence-electron chi connectivity index (χ0n) is 12.9. The van der Waals surface area contributed by atoms with Gasteiger partial charge in [-0.25, -0.2) is 4.79 Å². The minimum absolute atomic E-state index is 0.0104. The van der Waals surface area contributed by atoms with Crippen molar-refractivity contribution in [1.29, 1.82) is 5.26 Å². The van der Waals surface area contributed by atoms with Crippen molar-refractivity contribution in [3.63, 3.8) is 0 Å². The van der Waals surface area contributed by atoms with Crippen LogP contribution in [-0.2, 0) is 9.53 Å². The Hall–Kier alpha value is -3.08. The fraction of sp³-hybridized carbons (Fsp3) is 0.333. The van der Waals surface area contributed by atoms with Crippen LogP contribution in [0.4, 0.5) is 5.69 Å². The SMILES string of the molecule is CC(C)(C)COC(=O)/C(C#N)=C\c1cc(O)c(O)c([N+](=O)[O-])c1. The first kappa shape index (κ1) is 18.0. The quantitative estimate of drug-likeness (QED) is 0.217. The summed E-state index contributed by atoms with van der Waals surface area (Å²) in [6.45, 7) is 5.62. The van der Waals surface area contributed by atoms with E-state index in [9.17, 15) is 25.1 Å². The molecule has 2 N–H and O–H groups in total. The first-order valence-corrected chi connectivity index (χ1v) is 6.54. The zero-order valence-corrected chi connectivity index (χ0v) is 12.9. The second kappa shape index (κ2) is 6.79. The van der Waals surface area contributed by atoms with Crippen LogP contribution in [0.5, 0.6) is 11.5 Å². The molecule has 0 amide bonds. The van der Waals surface area contributed by atoms with Gasteiger partial charge in [0.15, 0.2) is 5.75 Å². The molecular formula is C15H16N2O6. The topological polar surface area (TPSA) is 134 Å². The number of carbonyl (C=O) groups excluding carboxylic acids is 1. The summed E-state index contributed by atoms with van der Waals surface area (Å²) < 4.78 is 4.99. The van der Waals surface area contributed by atoms with Gasteiger partial charge >= 0.3 is 11.7 Å². The van der Waals surface area contributed by atoms with E-state index in [1.165, 1.54) is 0 Å². The third-order valence-corrected chi connectivity index (χ3v) is 2.58. The number of hydrogen-bond acceptors (Lipinski definition) is 7. The van der Waals surface area contributed by atoms with Crippen LogP contribution in [0.25, 0.3) is 6.08 Å². The van der Waals surface area contributed by atoms with E-state index in [-0.39, 0.29) is 23.2 Å². The minimum atomic E-state index is -0.892. The Bertz CT molecular complexity index is 710. The molecule has 0 saturated heterocycles. The number of aromatic hydroxyl groups is 2. The lowest BCUT2D eigenvalue weighted by Crippen LogP contribution is -2.19. The molecule has 0 fully saturated rings. The standard InChI is InChI=1S/C15H16N2O6/c1-15(2,3)8-23-14(20)10(7-16)4-9-5-11(17(21)22)13(19)12(18)6-9/h4-6,18-19H,8H2,1-3H3/b10-4-. The third kappa shape index (κ3) is 5.00. The maximum Gasteiger partial charge on any atom is 0.348 e. The van der Waals surface area contributed by atoms with Crippen molar-refractivity contribution in [2.75, 3.05) is 6.61 Å². The summed E-state index contributed by atoms with van der Waals surface area (Å²) in [6, 6.07) is 3.57. The molecule has 8 heteroatoms. The third-order valence-electron chi connectivity index (χ3n) is 2.58. The van der Waals surface area contributed by atoms with Crippen LogP contribution in [0, 0.1) is 26.9 Å². The Labute approximate surface area is 132 Å². The molecule has 0 aliphatic rings. The van der Waals surface area contributed by atoms with Crippen molar-refractivity contribution in [3.05, 3.63) is 33.4 Å². The molecule has 0 heterocycles. The first-order valence-electron chi connectivity index (χ1n) is 6.54. The number of phenolic OH excluding ortho intramolecular Hbond substituents is 2. The van der Waals surface area contributed by atoms with E-state index in [0.29, 0.717) is 0 Å². The van der Waals surface area contributed by atoms with Crippen molar-refractivity contribution >= 4 is 17.7 Å². The lowest BCUT2D eigenvalue weighted by molar-refractivity contribution is -0.386. The highest BCUT2D eigenvalue weighted by Crippen LogP contribution is 2.36. The molecule has 0 radical (unpaired) electrons. The molecule has 0 spiro atoms. The molecule has 1 rings (SSSR count). The van der Waals surface area contributed by atoms with E-state index in [4.69, 9.17) is 10.00 Å². The van der Waals surface area contributed by atoms with E-state index in [1.54, 1.807) is 6.07 Å². The predicted molar refractivity (Wildman–Crippen MR) is 80.4 cm³/mol.